The SMILES string of the molecule is CC(C)C(C(=O)/C=C(\O)C(C(C)C)C(C)C)C(C)C.Cc1c(CC(C)(C)C)ccc2c1sc1c(-c3[c-]c4ccccc4c(C(C)(C)C)c3)ncc(C#N)c12.[Ir]. The van der Waals surface area contributed by atoms with E-state index in [1.165, 1.54) is 32.9 Å². The fourth-order valence-electron chi connectivity index (χ4n) is 8.26. The predicted octanol–water partition coefficient (Wildman–Crippen LogP) is 14.0. The smallest absolute Gasteiger partial charge is 0.162 e. The third-order valence-corrected chi connectivity index (χ3v) is 11.9. The third kappa shape index (κ3) is 10.5. The molecule has 0 aliphatic heterocycles. The van der Waals surface area contributed by atoms with Gasteiger partial charge in [-0.25, -0.2) is 0 Å². The first kappa shape index (κ1) is 46.0. The number of benzene rings is 3. The molecule has 6 heteroatoms. The van der Waals surface area contributed by atoms with Crippen molar-refractivity contribution in [2.45, 2.75) is 116 Å². The molecule has 1 radical (unpaired) electrons. The van der Waals surface area contributed by atoms with Gasteiger partial charge in [-0.3, -0.25) is 9.78 Å². The minimum absolute atomic E-state index is 0. The predicted molar refractivity (Wildman–Crippen MR) is 232 cm³/mol. The molecule has 55 heavy (non-hydrogen) atoms. The Hall–Kier alpha value is -3.36. The number of carbonyl (C=O) groups is 1. The van der Waals surface area contributed by atoms with Gasteiger partial charge in [0.25, 0.3) is 0 Å². The number of nitriles is 1. The molecule has 4 nitrogen and oxygen atoms in total. The van der Waals surface area contributed by atoms with Crippen LogP contribution in [0.5, 0.6) is 0 Å². The Morgan fingerprint density at radius 3 is 1.98 bits per heavy atom. The maximum Gasteiger partial charge on any atom is 0.162 e. The molecule has 297 valence electrons. The van der Waals surface area contributed by atoms with Crippen molar-refractivity contribution >= 4 is 48.1 Å². The summed E-state index contributed by atoms with van der Waals surface area (Å²) in [6.45, 7) is 32.4. The minimum Gasteiger partial charge on any atom is -0.512 e. The minimum atomic E-state index is -0.0201. The van der Waals surface area contributed by atoms with Crippen LogP contribution in [0.2, 0.25) is 0 Å². The van der Waals surface area contributed by atoms with Gasteiger partial charge in [0.2, 0.25) is 0 Å². The first-order valence-electron chi connectivity index (χ1n) is 19.7. The van der Waals surface area contributed by atoms with Crippen LogP contribution >= 0.6 is 11.3 Å². The molecule has 0 fully saturated rings. The van der Waals surface area contributed by atoms with Gasteiger partial charge in [-0.05, 0) is 59.0 Å². The molecule has 5 aromatic rings. The van der Waals surface area contributed by atoms with Crippen molar-refractivity contribution in [3.05, 3.63) is 88.8 Å². The first-order chi connectivity index (χ1) is 25.1. The van der Waals surface area contributed by atoms with E-state index >= 15 is 0 Å². The van der Waals surface area contributed by atoms with E-state index in [9.17, 15) is 15.2 Å². The number of fused-ring (bicyclic) bond motifs is 4. The summed E-state index contributed by atoms with van der Waals surface area (Å²) in [5.41, 5.74) is 6.69. The van der Waals surface area contributed by atoms with Crippen molar-refractivity contribution in [2.75, 3.05) is 0 Å². The number of pyridine rings is 1. The van der Waals surface area contributed by atoms with Gasteiger partial charge in [0.05, 0.1) is 11.3 Å². The Morgan fingerprint density at radius 2 is 1.45 bits per heavy atom. The first-order valence-corrected chi connectivity index (χ1v) is 20.5. The molecule has 2 aromatic heterocycles. The van der Waals surface area contributed by atoms with Crippen LogP contribution in [0.25, 0.3) is 42.2 Å². The monoisotopic (exact) mass is 936 g/mol. The quantitative estimate of drug-likeness (QED) is 0.0908. The van der Waals surface area contributed by atoms with Crippen LogP contribution in [-0.4, -0.2) is 15.9 Å². The maximum absolute atomic E-state index is 12.3. The molecule has 0 aliphatic rings. The number of aliphatic hydroxyl groups is 1. The second-order valence-electron chi connectivity index (χ2n) is 18.8. The van der Waals surface area contributed by atoms with Crippen LogP contribution in [0.3, 0.4) is 0 Å². The van der Waals surface area contributed by atoms with E-state index in [0.717, 1.165) is 38.5 Å². The zero-order chi connectivity index (χ0) is 40.4. The Kier molecular flexibility index (Phi) is 15.3. The number of aliphatic hydroxyl groups excluding tert-OH is 1. The molecule has 3 aromatic carbocycles. The number of nitrogens with zero attached hydrogens (tertiary/aromatic N) is 2. The Balaban J connectivity index is 0.000000349. The van der Waals surface area contributed by atoms with Gasteiger partial charge in [0.1, 0.15) is 6.07 Å². The second-order valence-corrected chi connectivity index (χ2v) is 19.8. The molecular formula is C49H63IrN2O2S-. The van der Waals surface area contributed by atoms with Crippen molar-refractivity contribution in [3.63, 3.8) is 0 Å². The summed E-state index contributed by atoms with van der Waals surface area (Å²) in [5, 5.41) is 24.7. The summed E-state index contributed by atoms with van der Waals surface area (Å²) in [6, 6.07) is 21.2. The van der Waals surface area contributed by atoms with E-state index in [1.807, 2.05) is 0 Å². The van der Waals surface area contributed by atoms with Gasteiger partial charge in [-0.15, -0.1) is 40.5 Å². The van der Waals surface area contributed by atoms with Crippen LogP contribution < -0.4 is 0 Å². The van der Waals surface area contributed by atoms with Gasteiger partial charge < -0.3 is 5.11 Å². The van der Waals surface area contributed by atoms with Gasteiger partial charge >= 0.3 is 0 Å². The number of carbonyl (C=O) groups excluding carboxylic acids is 1. The molecule has 0 atom stereocenters. The average Bonchev–Trinajstić information content (AvgIpc) is 3.44. The van der Waals surface area contributed by atoms with Crippen LogP contribution in [0.1, 0.15) is 119 Å². The summed E-state index contributed by atoms with van der Waals surface area (Å²) in [6.07, 6.45) is 4.24. The molecule has 0 aliphatic carbocycles. The van der Waals surface area contributed by atoms with Gasteiger partial charge in [0.15, 0.2) is 5.78 Å². The average molecular weight is 936 g/mol. The Morgan fingerprint density at radius 1 is 0.873 bits per heavy atom. The topological polar surface area (TPSA) is 74.0 Å². The standard InChI is InChI=1S/C32H31N2S.C17H32O2.Ir/c1-19-21(16-31(2,3)4)12-13-25-27-23(17-33)18-34-28(30(27)35-29(19)25)22-14-20-10-8-9-11-24(20)26(15-22)32(5,6)7;1-10(2)16(11(3)4)14(18)9-15(19)17(12(5)6)13(7)8;/h8-13,15,18H,16H2,1-7H3;9-13,16-18H,1-8H3;/q-1;;/b;14-9-;. The third-order valence-electron chi connectivity index (χ3n) is 10.5. The second kappa shape index (κ2) is 18.3. The summed E-state index contributed by atoms with van der Waals surface area (Å²) < 4.78 is 2.32. The zero-order valence-corrected chi connectivity index (χ0v) is 39.1. The van der Waals surface area contributed by atoms with Crippen LogP contribution in [0.4, 0.5) is 0 Å². The van der Waals surface area contributed by atoms with E-state index in [1.54, 1.807) is 17.5 Å². The van der Waals surface area contributed by atoms with Crippen molar-refractivity contribution < 1.29 is 30.0 Å². The Labute approximate surface area is 349 Å². The normalized spacial score (nSPS) is 12.7. The van der Waals surface area contributed by atoms with Gasteiger partial charge in [0, 0.05) is 70.1 Å². The number of aromatic nitrogens is 1. The molecule has 2 heterocycles. The van der Waals surface area contributed by atoms with Gasteiger partial charge in [-0.1, -0.05) is 138 Å². The van der Waals surface area contributed by atoms with Gasteiger partial charge in [-0.2, -0.15) is 5.26 Å². The number of thiophene rings is 1. The number of hydrogen-bond donors (Lipinski definition) is 1. The fraction of sp³-hybridized carbons (Fsp3) is 0.490. The molecular weight excluding hydrogens is 873 g/mol. The fourth-order valence-corrected chi connectivity index (χ4v) is 9.61. The van der Waals surface area contributed by atoms with E-state index < -0.39 is 0 Å². The number of hydrogen-bond acceptors (Lipinski definition) is 5. The zero-order valence-electron chi connectivity index (χ0n) is 35.9. The molecule has 0 bridgehead atoms. The summed E-state index contributed by atoms with van der Waals surface area (Å²) in [4.78, 5) is 17.2. The van der Waals surface area contributed by atoms with E-state index in [4.69, 9.17) is 4.98 Å². The van der Waals surface area contributed by atoms with E-state index in [2.05, 4.69) is 158 Å². The summed E-state index contributed by atoms with van der Waals surface area (Å²) in [7, 11) is 0. The number of ketones is 1. The largest absolute Gasteiger partial charge is 0.512 e. The van der Waals surface area contributed by atoms with Crippen molar-refractivity contribution in [1.29, 1.82) is 5.26 Å². The number of allylic oxidation sites excluding steroid dienone is 2. The van der Waals surface area contributed by atoms with Crippen molar-refractivity contribution in [3.8, 4) is 17.3 Å². The van der Waals surface area contributed by atoms with E-state index in [0.29, 0.717) is 29.2 Å². The van der Waals surface area contributed by atoms with Crippen LogP contribution in [-0.2, 0) is 36.7 Å². The molecule has 0 amide bonds. The molecule has 1 N–H and O–H groups in total. The molecule has 0 saturated carbocycles. The molecule has 0 spiro atoms. The maximum atomic E-state index is 12.3. The summed E-state index contributed by atoms with van der Waals surface area (Å²) >= 11 is 1.76. The van der Waals surface area contributed by atoms with Crippen LogP contribution in [0.15, 0.2) is 60.5 Å². The van der Waals surface area contributed by atoms with Crippen molar-refractivity contribution in [1.82, 2.24) is 4.98 Å². The number of aryl methyl sites for hydroxylation is 1. The molecule has 0 saturated heterocycles. The summed E-state index contributed by atoms with van der Waals surface area (Å²) in [5.74, 6) is 1.63. The number of rotatable bonds is 9. The van der Waals surface area contributed by atoms with Crippen LogP contribution in [0, 0.1) is 65.2 Å². The molecule has 0 unspecified atom stereocenters. The molecule has 5 rings (SSSR count). The Bertz CT molecular complexity index is 2190. The van der Waals surface area contributed by atoms with Crippen molar-refractivity contribution in [2.24, 2.45) is 40.9 Å². The van der Waals surface area contributed by atoms with E-state index in [-0.39, 0.29) is 54.3 Å².